The first-order chi connectivity index (χ1) is 11.1. The minimum Gasteiger partial charge on any atom is -0.489 e. The van der Waals surface area contributed by atoms with E-state index in [4.69, 9.17) is 33.0 Å². The van der Waals surface area contributed by atoms with Gasteiger partial charge in [0, 0.05) is 0 Å². The maximum atomic E-state index is 8.86. The van der Waals surface area contributed by atoms with Crippen LogP contribution in [0.15, 0.2) is 55.1 Å². The minimum atomic E-state index is 0.0202. The molecule has 0 aliphatic rings. The maximum absolute atomic E-state index is 8.86. The van der Waals surface area contributed by atoms with Crippen molar-refractivity contribution in [3.63, 3.8) is 0 Å². The molecule has 4 heteroatoms. The molecule has 2 aromatic rings. The summed E-state index contributed by atoms with van der Waals surface area (Å²) in [6, 6.07) is 11.3. The van der Waals surface area contributed by atoms with Gasteiger partial charge in [-0.1, -0.05) is 53.6 Å². The molecule has 0 atom stereocenters. The SMILES string of the molecule is C=CCc1cc(C=CCO)ccc1OCc1ccc(Cl)c(Cl)c1. The number of hydrogen-bond acceptors (Lipinski definition) is 2. The summed E-state index contributed by atoms with van der Waals surface area (Å²) in [5.74, 6) is 0.803. The summed E-state index contributed by atoms with van der Waals surface area (Å²) in [5.41, 5.74) is 3.01. The van der Waals surface area contributed by atoms with Crippen LogP contribution in [0.4, 0.5) is 0 Å². The fraction of sp³-hybridized carbons (Fsp3) is 0.158. The first kappa shape index (κ1) is 17.6. The normalized spacial score (nSPS) is 10.9. The smallest absolute Gasteiger partial charge is 0.123 e. The van der Waals surface area contributed by atoms with Crippen LogP contribution in [0.5, 0.6) is 5.75 Å². The Labute approximate surface area is 146 Å². The molecular formula is C19H18Cl2O2. The number of halogens is 2. The van der Waals surface area contributed by atoms with Crippen LogP contribution in [0.1, 0.15) is 16.7 Å². The van der Waals surface area contributed by atoms with Crippen molar-refractivity contribution >= 4 is 29.3 Å². The summed E-state index contributed by atoms with van der Waals surface area (Å²) in [6.45, 7) is 4.21. The predicted molar refractivity (Wildman–Crippen MR) is 97.3 cm³/mol. The summed E-state index contributed by atoms with van der Waals surface area (Å²) >= 11 is 11.9. The molecule has 0 saturated carbocycles. The molecule has 0 spiro atoms. The Morgan fingerprint density at radius 1 is 1.09 bits per heavy atom. The Morgan fingerprint density at radius 3 is 2.61 bits per heavy atom. The number of rotatable bonds is 7. The van der Waals surface area contributed by atoms with Crippen LogP contribution in [-0.2, 0) is 13.0 Å². The van der Waals surface area contributed by atoms with Gasteiger partial charge in [-0.2, -0.15) is 0 Å². The molecule has 0 bridgehead atoms. The number of aliphatic hydroxyl groups excluding tert-OH is 1. The van der Waals surface area contributed by atoms with E-state index in [1.54, 1.807) is 18.2 Å². The van der Waals surface area contributed by atoms with Crippen molar-refractivity contribution in [2.45, 2.75) is 13.0 Å². The van der Waals surface area contributed by atoms with Crippen LogP contribution in [0, 0.1) is 0 Å². The molecule has 0 unspecified atom stereocenters. The summed E-state index contributed by atoms with van der Waals surface area (Å²) in [4.78, 5) is 0. The Morgan fingerprint density at radius 2 is 1.91 bits per heavy atom. The Bertz CT molecular complexity index is 709. The molecule has 2 rings (SSSR count). The Kier molecular flexibility index (Phi) is 6.72. The van der Waals surface area contributed by atoms with E-state index in [0.717, 1.165) is 22.4 Å². The van der Waals surface area contributed by atoms with E-state index in [-0.39, 0.29) is 6.61 Å². The molecule has 0 heterocycles. The quantitative estimate of drug-likeness (QED) is 0.687. The zero-order valence-corrected chi connectivity index (χ0v) is 14.1. The van der Waals surface area contributed by atoms with Crippen LogP contribution in [0.25, 0.3) is 6.08 Å². The highest BCUT2D eigenvalue weighted by atomic mass is 35.5. The van der Waals surface area contributed by atoms with Crippen molar-refractivity contribution in [2.24, 2.45) is 0 Å². The topological polar surface area (TPSA) is 29.5 Å². The molecule has 120 valence electrons. The van der Waals surface area contributed by atoms with Gasteiger partial charge in [-0.3, -0.25) is 0 Å². The van der Waals surface area contributed by atoms with Gasteiger partial charge in [0.2, 0.25) is 0 Å². The average molecular weight is 349 g/mol. The van der Waals surface area contributed by atoms with Crippen LogP contribution < -0.4 is 4.74 Å². The van der Waals surface area contributed by atoms with Crippen LogP contribution in [-0.4, -0.2) is 11.7 Å². The Hall–Kier alpha value is -1.74. The molecule has 0 aliphatic carbocycles. The lowest BCUT2D eigenvalue weighted by atomic mass is 10.1. The van der Waals surface area contributed by atoms with Gasteiger partial charge < -0.3 is 9.84 Å². The van der Waals surface area contributed by atoms with Gasteiger partial charge in [-0.15, -0.1) is 6.58 Å². The van der Waals surface area contributed by atoms with Crippen LogP contribution in [0.3, 0.4) is 0 Å². The third kappa shape index (κ3) is 5.14. The summed E-state index contributed by atoms with van der Waals surface area (Å²) in [6.07, 6.45) is 6.11. The van der Waals surface area contributed by atoms with Gasteiger partial charge in [-0.25, -0.2) is 0 Å². The van der Waals surface area contributed by atoms with Crippen molar-refractivity contribution in [3.05, 3.63) is 81.9 Å². The second kappa shape index (κ2) is 8.78. The first-order valence-corrected chi connectivity index (χ1v) is 7.97. The lowest BCUT2D eigenvalue weighted by Crippen LogP contribution is -1.99. The highest BCUT2D eigenvalue weighted by Crippen LogP contribution is 2.26. The van der Waals surface area contributed by atoms with Crippen molar-refractivity contribution in [1.29, 1.82) is 0 Å². The van der Waals surface area contributed by atoms with E-state index in [1.165, 1.54) is 0 Å². The monoisotopic (exact) mass is 348 g/mol. The third-order valence-electron chi connectivity index (χ3n) is 3.24. The molecule has 2 aromatic carbocycles. The molecule has 0 aliphatic heterocycles. The van der Waals surface area contributed by atoms with Gasteiger partial charge in [0.05, 0.1) is 16.7 Å². The predicted octanol–water partition coefficient (Wildman–Crippen LogP) is 5.31. The number of aliphatic hydroxyl groups is 1. The zero-order valence-electron chi connectivity index (χ0n) is 12.6. The Balaban J connectivity index is 2.15. The highest BCUT2D eigenvalue weighted by Gasteiger charge is 2.05. The van der Waals surface area contributed by atoms with Crippen LogP contribution in [0.2, 0.25) is 10.0 Å². The molecular weight excluding hydrogens is 331 g/mol. The molecule has 23 heavy (non-hydrogen) atoms. The summed E-state index contributed by atoms with van der Waals surface area (Å²) < 4.78 is 5.91. The largest absolute Gasteiger partial charge is 0.489 e. The molecule has 0 amide bonds. The molecule has 2 nitrogen and oxygen atoms in total. The van der Waals surface area contributed by atoms with Crippen molar-refractivity contribution in [3.8, 4) is 5.75 Å². The van der Waals surface area contributed by atoms with Gasteiger partial charge in [0.1, 0.15) is 12.4 Å². The lowest BCUT2D eigenvalue weighted by Gasteiger charge is -2.12. The van der Waals surface area contributed by atoms with Crippen LogP contribution >= 0.6 is 23.2 Å². The van der Waals surface area contributed by atoms with E-state index in [9.17, 15) is 0 Å². The number of benzene rings is 2. The number of ether oxygens (including phenoxy) is 1. The lowest BCUT2D eigenvalue weighted by molar-refractivity contribution is 0.303. The molecule has 0 saturated heterocycles. The average Bonchev–Trinajstić information content (AvgIpc) is 2.55. The summed E-state index contributed by atoms with van der Waals surface area (Å²) in [7, 11) is 0. The minimum absolute atomic E-state index is 0.0202. The fourth-order valence-corrected chi connectivity index (χ4v) is 2.46. The van der Waals surface area contributed by atoms with Crippen molar-refractivity contribution < 1.29 is 9.84 Å². The standard InChI is InChI=1S/C19H18Cl2O2/c1-2-4-16-11-14(5-3-10-22)7-9-19(16)23-13-15-6-8-17(20)18(21)12-15/h2-3,5-9,11-12,22H,1,4,10,13H2. The van der Waals surface area contributed by atoms with E-state index in [1.807, 2.05) is 36.4 Å². The van der Waals surface area contributed by atoms with E-state index < -0.39 is 0 Å². The second-order valence-electron chi connectivity index (χ2n) is 4.98. The van der Waals surface area contributed by atoms with Gasteiger partial charge in [0.25, 0.3) is 0 Å². The number of allylic oxidation sites excluding steroid dienone is 1. The highest BCUT2D eigenvalue weighted by molar-refractivity contribution is 6.42. The molecule has 0 aromatic heterocycles. The molecule has 0 radical (unpaired) electrons. The summed E-state index contributed by atoms with van der Waals surface area (Å²) in [5, 5.41) is 9.91. The van der Waals surface area contributed by atoms with Gasteiger partial charge in [-0.05, 0) is 47.4 Å². The van der Waals surface area contributed by atoms with E-state index in [0.29, 0.717) is 23.1 Å². The number of hydrogen-bond donors (Lipinski definition) is 1. The fourth-order valence-electron chi connectivity index (χ4n) is 2.14. The molecule has 0 fully saturated rings. The third-order valence-corrected chi connectivity index (χ3v) is 3.98. The zero-order chi connectivity index (χ0) is 16.7. The van der Waals surface area contributed by atoms with E-state index in [2.05, 4.69) is 6.58 Å². The second-order valence-corrected chi connectivity index (χ2v) is 5.80. The first-order valence-electron chi connectivity index (χ1n) is 7.22. The van der Waals surface area contributed by atoms with Crippen molar-refractivity contribution in [1.82, 2.24) is 0 Å². The van der Waals surface area contributed by atoms with Gasteiger partial charge in [0.15, 0.2) is 0 Å². The molecule has 1 N–H and O–H groups in total. The van der Waals surface area contributed by atoms with Crippen molar-refractivity contribution in [2.75, 3.05) is 6.61 Å². The van der Waals surface area contributed by atoms with E-state index >= 15 is 0 Å². The van der Waals surface area contributed by atoms with Gasteiger partial charge >= 0.3 is 0 Å². The maximum Gasteiger partial charge on any atom is 0.123 e.